The van der Waals surface area contributed by atoms with Gasteiger partial charge in [-0.3, -0.25) is 4.72 Å². The summed E-state index contributed by atoms with van der Waals surface area (Å²) in [6, 6.07) is 7.79. The van der Waals surface area contributed by atoms with Crippen LogP contribution in [0.2, 0.25) is 0 Å². The SMILES string of the molecule is N#Cc1ccc(NS(=O)(=O)CCN)cc1C#N. The number of nitrogens with one attached hydrogen (secondary N) is 1. The number of anilines is 1. The molecule has 3 N–H and O–H groups in total. The second kappa shape index (κ2) is 5.30. The number of benzene rings is 1. The van der Waals surface area contributed by atoms with E-state index in [1.165, 1.54) is 18.2 Å². The summed E-state index contributed by atoms with van der Waals surface area (Å²) in [4.78, 5) is 0. The fraction of sp³-hybridized carbons (Fsp3) is 0.200. The number of hydrogen-bond acceptors (Lipinski definition) is 5. The van der Waals surface area contributed by atoms with E-state index in [2.05, 4.69) is 4.72 Å². The van der Waals surface area contributed by atoms with E-state index in [0.29, 0.717) is 0 Å². The molecule has 0 spiro atoms. The van der Waals surface area contributed by atoms with Gasteiger partial charge in [0.25, 0.3) is 0 Å². The Kier molecular flexibility index (Phi) is 4.05. The van der Waals surface area contributed by atoms with Crippen molar-refractivity contribution in [2.24, 2.45) is 5.73 Å². The highest BCUT2D eigenvalue weighted by molar-refractivity contribution is 7.92. The molecular formula is C10H10N4O2S. The minimum Gasteiger partial charge on any atom is -0.329 e. The molecule has 7 heteroatoms. The molecule has 17 heavy (non-hydrogen) atoms. The number of nitriles is 2. The molecule has 0 radical (unpaired) electrons. The van der Waals surface area contributed by atoms with Crippen molar-refractivity contribution in [1.82, 2.24) is 0 Å². The van der Waals surface area contributed by atoms with Crippen LogP contribution in [-0.2, 0) is 10.0 Å². The lowest BCUT2D eigenvalue weighted by Gasteiger charge is -2.07. The first-order valence-corrected chi connectivity index (χ1v) is 6.32. The zero-order chi connectivity index (χ0) is 12.9. The molecular weight excluding hydrogens is 240 g/mol. The maximum Gasteiger partial charge on any atom is 0.233 e. The Morgan fingerprint density at radius 1 is 1.24 bits per heavy atom. The van der Waals surface area contributed by atoms with Gasteiger partial charge in [0, 0.05) is 12.2 Å². The van der Waals surface area contributed by atoms with Crippen LogP contribution in [0.3, 0.4) is 0 Å². The van der Waals surface area contributed by atoms with Gasteiger partial charge in [-0.25, -0.2) is 8.42 Å². The maximum absolute atomic E-state index is 11.4. The van der Waals surface area contributed by atoms with E-state index in [1.807, 2.05) is 12.1 Å². The Morgan fingerprint density at radius 3 is 2.41 bits per heavy atom. The van der Waals surface area contributed by atoms with Crippen LogP contribution in [0.4, 0.5) is 5.69 Å². The number of hydrogen-bond donors (Lipinski definition) is 2. The van der Waals surface area contributed by atoms with E-state index in [0.717, 1.165) is 0 Å². The third kappa shape index (κ3) is 3.45. The van der Waals surface area contributed by atoms with Crippen molar-refractivity contribution in [3.8, 4) is 12.1 Å². The molecule has 0 unspecified atom stereocenters. The smallest absolute Gasteiger partial charge is 0.233 e. The van der Waals surface area contributed by atoms with Crippen LogP contribution in [0.25, 0.3) is 0 Å². The summed E-state index contributed by atoms with van der Waals surface area (Å²) in [6.07, 6.45) is 0. The molecule has 0 aliphatic carbocycles. The summed E-state index contributed by atoms with van der Waals surface area (Å²) in [5.74, 6) is -0.200. The number of rotatable bonds is 4. The van der Waals surface area contributed by atoms with Crippen LogP contribution in [0, 0.1) is 22.7 Å². The standard InChI is InChI=1S/C10H10N4O2S/c11-3-4-17(15,16)14-10-2-1-8(6-12)9(5-10)7-13/h1-2,5,14H,3-4,11H2. The second-order valence-electron chi connectivity index (χ2n) is 3.19. The van der Waals surface area contributed by atoms with Crippen molar-refractivity contribution < 1.29 is 8.42 Å². The molecule has 0 saturated carbocycles. The average Bonchev–Trinajstić information content (AvgIpc) is 2.28. The lowest BCUT2D eigenvalue weighted by atomic mass is 10.1. The maximum atomic E-state index is 11.4. The van der Waals surface area contributed by atoms with Crippen molar-refractivity contribution in [3.05, 3.63) is 29.3 Å². The van der Waals surface area contributed by atoms with Gasteiger partial charge in [0.2, 0.25) is 10.0 Å². The molecule has 1 aromatic rings. The van der Waals surface area contributed by atoms with Gasteiger partial charge in [0.05, 0.1) is 16.9 Å². The van der Waals surface area contributed by atoms with Crippen molar-refractivity contribution in [3.63, 3.8) is 0 Å². The number of nitrogens with zero attached hydrogens (tertiary/aromatic N) is 2. The van der Waals surface area contributed by atoms with E-state index in [9.17, 15) is 8.42 Å². The molecule has 0 atom stereocenters. The largest absolute Gasteiger partial charge is 0.329 e. The van der Waals surface area contributed by atoms with Crippen LogP contribution >= 0.6 is 0 Å². The normalized spacial score (nSPS) is 10.3. The Balaban J connectivity index is 3.04. The second-order valence-corrected chi connectivity index (χ2v) is 5.04. The predicted molar refractivity (Wildman–Crippen MR) is 62.3 cm³/mol. The van der Waals surface area contributed by atoms with E-state index in [-0.39, 0.29) is 29.1 Å². The van der Waals surface area contributed by atoms with E-state index >= 15 is 0 Å². The van der Waals surface area contributed by atoms with Crippen molar-refractivity contribution in [1.29, 1.82) is 10.5 Å². The van der Waals surface area contributed by atoms with E-state index in [4.69, 9.17) is 16.3 Å². The monoisotopic (exact) mass is 250 g/mol. The van der Waals surface area contributed by atoms with Crippen LogP contribution in [0.15, 0.2) is 18.2 Å². The molecule has 0 saturated heterocycles. The first-order valence-electron chi connectivity index (χ1n) is 4.67. The summed E-state index contributed by atoms with van der Waals surface area (Å²) in [6.45, 7) is 0.0106. The molecule has 0 aliphatic heterocycles. The number of sulfonamides is 1. The van der Waals surface area contributed by atoms with Crippen LogP contribution in [-0.4, -0.2) is 20.7 Å². The Labute approximate surface area is 99.3 Å². The molecule has 0 amide bonds. The highest BCUT2D eigenvalue weighted by Gasteiger charge is 2.10. The van der Waals surface area contributed by atoms with Gasteiger partial charge in [-0.2, -0.15) is 10.5 Å². The lowest BCUT2D eigenvalue weighted by molar-refractivity contribution is 0.601. The van der Waals surface area contributed by atoms with Crippen molar-refractivity contribution in [2.45, 2.75) is 0 Å². The third-order valence-corrected chi connectivity index (χ3v) is 3.24. The molecule has 0 aromatic heterocycles. The molecule has 0 aliphatic rings. The fourth-order valence-corrected chi connectivity index (χ4v) is 2.08. The first-order chi connectivity index (χ1) is 8.02. The first kappa shape index (κ1) is 13.0. The molecule has 1 aromatic carbocycles. The summed E-state index contributed by atoms with van der Waals surface area (Å²) < 4.78 is 25.1. The Morgan fingerprint density at radius 2 is 1.88 bits per heavy atom. The molecule has 0 bridgehead atoms. The van der Waals surface area contributed by atoms with Gasteiger partial charge < -0.3 is 5.73 Å². The summed E-state index contributed by atoms with van der Waals surface area (Å²) in [5, 5.41) is 17.5. The van der Waals surface area contributed by atoms with Crippen LogP contribution < -0.4 is 10.5 Å². The Bertz CT molecular complexity index is 596. The average molecular weight is 250 g/mol. The minimum absolute atomic E-state index is 0.0106. The van der Waals surface area contributed by atoms with Gasteiger partial charge in [-0.05, 0) is 18.2 Å². The molecule has 6 nitrogen and oxygen atoms in total. The van der Waals surface area contributed by atoms with Gasteiger partial charge in [0.15, 0.2) is 0 Å². The van der Waals surface area contributed by atoms with E-state index in [1.54, 1.807) is 0 Å². The summed E-state index contributed by atoms with van der Waals surface area (Å²) in [5.41, 5.74) is 5.73. The van der Waals surface area contributed by atoms with Crippen molar-refractivity contribution >= 4 is 15.7 Å². The predicted octanol–water partition coefficient (Wildman–Crippen LogP) is 0.130. The quantitative estimate of drug-likeness (QED) is 0.787. The molecule has 1 rings (SSSR count). The Hall–Kier alpha value is -2.09. The molecule has 0 fully saturated rings. The highest BCUT2D eigenvalue weighted by Crippen LogP contribution is 2.15. The summed E-state index contributed by atoms with van der Waals surface area (Å²) in [7, 11) is -3.50. The topological polar surface area (TPSA) is 120 Å². The third-order valence-electron chi connectivity index (χ3n) is 1.92. The lowest BCUT2D eigenvalue weighted by Crippen LogP contribution is -2.22. The van der Waals surface area contributed by atoms with Gasteiger partial charge >= 0.3 is 0 Å². The van der Waals surface area contributed by atoms with Crippen LogP contribution in [0.5, 0.6) is 0 Å². The zero-order valence-corrected chi connectivity index (χ0v) is 9.66. The van der Waals surface area contributed by atoms with Crippen molar-refractivity contribution in [2.75, 3.05) is 17.0 Å². The van der Waals surface area contributed by atoms with Crippen LogP contribution in [0.1, 0.15) is 11.1 Å². The highest BCUT2D eigenvalue weighted by atomic mass is 32.2. The minimum atomic E-state index is -3.50. The number of nitrogens with two attached hydrogens (primary N) is 1. The molecule has 0 heterocycles. The summed E-state index contributed by atoms with van der Waals surface area (Å²) >= 11 is 0. The fourth-order valence-electron chi connectivity index (χ4n) is 1.18. The van der Waals surface area contributed by atoms with Gasteiger partial charge in [-0.15, -0.1) is 0 Å². The van der Waals surface area contributed by atoms with E-state index < -0.39 is 10.0 Å². The van der Waals surface area contributed by atoms with Gasteiger partial charge in [0.1, 0.15) is 12.1 Å². The molecule has 88 valence electrons. The van der Waals surface area contributed by atoms with Gasteiger partial charge in [-0.1, -0.05) is 0 Å². The zero-order valence-electron chi connectivity index (χ0n) is 8.84.